The first-order valence-corrected chi connectivity index (χ1v) is 5.84. The van der Waals surface area contributed by atoms with Crippen molar-refractivity contribution in [2.24, 2.45) is 5.92 Å². The van der Waals surface area contributed by atoms with Crippen molar-refractivity contribution < 1.29 is 0 Å². The highest BCUT2D eigenvalue weighted by atomic mass is 15.2. The van der Waals surface area contributed by atoms with Gasteiger partial charge >= 0.3 is 0 Å². The highest BCUT2D eigenvalue weighted by Crippen LogP contribution is 2.24. The molecule has 15 heavy (non-hydrogen) atoms. The van der Waals surface area contributed by atoms with E-state index in [0.29, 0.717) is 0 Å². The molecule has 1 heterocycles. The van der Waals surface area contributed by atoms with Gasteiger partial charge in [0.05, 0.1) is 0 Å². The molecule has 1 N–H and O–H groups in total. The number of nitrogens with one attached hydrogen (secondary N) is 1. The zero-order valence-electron chi connectivity index (χ0n) is 9.66. The molecule has 0 saturated carbocycles. The lowest BCUT2D eigenvalue weighted by Crippen LogP contribution is -2.45. The van der Waals surface area contributed by atoms with Gasteiger partial charge in [0.25, 0.3) is 0 Å². The summed E-state index contributed by atoms with van der Waals surface area (Å²) in [5.74, 6) is 0.863. The summed E-state index contributed by atoms with van der Waals surface area (Å²) in [5, 5.41) is 3.36. The van der Waals surface area contributed by atoms with E-state index >= 15 is 0 Å². The Labute approximate surface area is 92.3 Å². The number of rotatable bonds is 4. The third-order valence-corrected chi connectivity index (χ3v) is 2.92. The van der Waals surface area contributed by atoms with Crippen molar-refractivity contribution in [1.29, 1.82) is 0 Å². The Morgan fingerprint density at radius 2 is 2.20 bits per heavy atom. The van der Waals surface area contributed by atoms with Crippen LogP contribution in [-0.4, -0.2) is 19.6 Å². The summed E-state index contributed by atoms with van der Waals surface area (Å²) >= 11 is 0. The lowest BCUT2D eigenvalue weighted by molar-refractivity contribution is 0.447. The molecule has 1 aromatic rings. The van der Waals surface area contributed by atoms with Gasteiger partial charge in [-0.1, -0.05) is 26.0 Å². The predicted octanol–water partition coefficient (Wildman–Crippen LogP) is 2.25. The summed E-state index contributed by atoms with van der Waals surface area (Å²) in [6.45, 7) is 8.88. The number of hydrogen-bond donors (Lipinski definition) is 1. The lowest BCUT2D eigenvalue weighted by Gasteiger charge is -2.39. The molecule has 82 valence electrons. The normalized spacial score (nSPS) is 16.5. The van der Waals surface area contributed by atoms with Gasteiger partial charge in [-0.05, 0) is 30.2 Å². The van der Waals surface area contributed by atoms with Crippen molar-refractivity contribution in [1.82, 2.24) is 5.32 Å². The molecule has 2 nitrogen and oxygen atoms in total. The zero-order valence-corrected chi connectivity index (χ0v) is 9.66. The van der Waals surface area contributed by atoms with Crippen LogP contribution >= 0.6 is 0 Å². The van der Waals surface area contributed by atoms with Crippen molar-refractivity contribution >= 4 is 5.69 Å². The van der Waals surface area contributed by atoms with E-state index in [-0.39, 0.29) is 0 Å². The first kappa shape index (κ1) is 10.5. The van der Waals surface area contributed by atoms with Gasteiger partial charge < -0.3 is 10.2 Å². The molecule has 1 saturated heterocycles. The molecular formula is C13H20N2. The first-order chi connectivity index (χ1) is 7.29. The van der Waals surface area contributed by atoms with Crippen LogP contribution < -0.4 is 10.2 Å². The monoisotopic (exact) mass is 204 g/mol. The summed E-state index contributed by atoms with van der Waals surface area (Å²) in [7, 11) is 0. The van der Waals surface area contributed by atoms with Gasteiger partial charge in [-0.2, -0.15) is 0 Å². The highest BCUT2D eigenvalue weighted by molar-refractivity contribution is 5.50. The Hall–Kier alpha value is -1.02. The molecule has 1 fully saturated rings. The summed E-state index contributed by atoms with van der Waals surface area (Å²) in [6.07, 6.45) is 0. The molecule has 0 aliphatic carbocycles. The molecular weight excluding hydrogens is 184 g/mol. The van der Waals surface area contributed by atoms with Crippen molar-refractivity contribution in [3.63, 3.8) is 0 Å². The maximum absolute atomic E-state index is 3.36. The zero-order chi connectivity index (χ0) is 10.7. The van der Waals surface area contributed by atoms with E-state index in [9.17, 15) is 0 Å². The topological polar surface area (TPSA) is 15.3 Å². The van der Waals surface area contributed by atoms with Crippen LogP contribution in [0.3, 0.4) is 0 Å². The Balaban J connectivity index is 1.99. The SMILES string of the molecule is CCNCc1cccc(N2CC(C)C2)c1. The van der Waals surface area contributed by atoms with E-state index < -0.39 is 0 Å². The smallest absolute Gasteiger partial charge is 0.0369 e. The van der Waals surface area contributed by atoms with E-state index in [2.05, 4.69) is 48.3 Å². The maximum atomic E-state index is 3.36. The van der Waals surface area contributed by atoms with Crippen LogP contribution in [0, 0.1) is 5.92 Å². The second kappa shape index (κ2) is 4.67. The highest BCUT2D eigenvalue weighted by Gasteiger charge is 2.22. The largest absolute Gasteiger partial charge is 0.371 e. The van der Waals surface area contributed by atoms with E-state index in [4.69, 9.17) is 0 Å². The second-order valence-electron chi connectivity index (χ2n) is 4.46. The van der Waals surface area contributed by atoms with Gasteiger partial charge in [0.2, 0.25) is 0 Å². The van der Waals surface area contributed by atoms with Crippen LogP contribution in [0.4, 0.5) is 5.69 Å². The number of nitrogens with zero attached hydrogens (tertiary/aromatic N) is 1. The van der Waals surface area contributed by atoms with Gasteiger partial charge in [0.15, 0.2) is 0 Å². The molecule has 0 atom stereocenters. The number of anilines is 1. The van der Waals surface area contributed by atoms with Crippen LogP contribution in [0.25, 0.3) is 0 Å². The molecule has 0 spiro atoms. The minimum Gasteiger partial charge on any atom is -0.371 e. The fourth-order valence-electron chi connectivity index (χ4n) is 2.04. The fraction of sp³-hybridized carbons (Fsp3) is 0.538. The molecule has 2 rings (SSSR count). The molecule has 2 heteroatoms. The number of benzene rings is 1. The standard InChI is InChI=1S/C13H20N2/c1-3-14-8-12-5-4-6-13(7-12)15-9-11(2)10-15/h4-7,11,14H,3,8-10H2,1-2H3. The van der Waals surface area contributed by atoms with E-state index in [0.717, 1.165) is 19.0 Å². The van der Waals surface area contributed by atoms with Crippen LogP contribution in [0.2, 0.25) is 0 Å². The molecule has 1 aliphatic heterocycles. The molecule has 0 bridgehead atoms. The first-order valence-electron chi connectivity index (χ1n) is 5.84. The molecule has 0 unspecified atom stereocenters. The molecule has 1 aromatic carbocycles. The summed E-state index contributed by atoms with van der Waals surface area (Å²) in [4.78, 5) is 2.44. The fourth-order valence-corrected chi connectivity index (χ4v) is 2.04. The minimum atomic E-state index is 0.863. The quantitative estimate of drug-likeness (QED) is 0.809. The van der Waals surface area contributed by atoms with Gasteiger partial charge in [0.1, 0.15) is 0 Å². The van der Waals surface area contributed by atoms with Crippen molar-refractivity contribution in [2.45, 2.75) is 20.4 Å². The van der Waals surface area contributed by atoms with Gasteiger partial charge in [0, 0.05) is 25.3 Å². The van der Waals surface area contributed by atoms with E-state index in [1.165, 1.54) is 24.3 Å². The Morgan fingerprint density at radius 1 is 1.40 bits per heavy atom. The maximum Gasteiger partial charge on any atom is 0.0369 e. The second-order valence-corrected chi connectivity index (χ2v) is 4.46. The van der Waals surface area contributed by atoms with Crippen LogP contribution in [0.5, 0.6) is 0 Å². The van der Waals surface area contributed by atoms with Gasteiger partial charge in [-0.3, -0.25) is 0 Å². The van der Waals surface area contributed by atoms with Crippen LogP contribution in [0.1, 0.15) is 19.4 Å². The molecule has 0 radical (unpaired) electrons. The average Bonchev–Trinajstić information content (AvgIpc) is 2.22. The summed E-state index contributed by atoms with van der Waals surface area (Å²) < 4.78 is 0. The summed E-state index contributed by atoms with van der Waals surface area (Å²) in [6, 6.07) is 8.86. The molecule has 0 aromatic heterocycles. The van der Waals surface area contributed by atoms with Crippen LogP contribution in [-0.2, 0) is 6.54 Å². The van der Waals surface area contributed by atoms with Gasteiger partial charge in [-0.15, -0.1) is 0 Å². The van der Waals surface area contributed by atoms with Crippen molar-refractivity contribution in [2.75, 3.05) is 24.5 Å². The third kappa shape index (κ3) is 2.51. The van der Waals surface area contributed by atoms with Crippen LogP contribution in [0.15, 0.2) is 24.3 Å². The minimum absolute atomic E-state index is 0.863. The molecule has 0 amide bonds. The number of hydrogen-bond acceptors (Lipinski definition) is 2. The van der Waals surface area contributed by atoms with E-state index in [1.54, 1.807) is 0 Å². The molecule has 1 aliphatic rings. The van der Waals surface area contributed by atoms with Crippen molar-refractivity contribution in [3.05, 3.63) is 29.8 Å². The van der Waals surface area contributed by atoms with Crippen molar-refractivity contribution in [3.8, 4) is 0 Å². The predicted molar refractivity (Wildman–Crippen MR) is 65.2 cm³/mol. The van der Waals surface area contributed by atoms with Gasteiger partial charge in [-0.25, -0.2) is 0 Å². The Kier molecular flexibility index (Phi) is 3.27. The summed E-state index contributed by atoms with van der Waals surface area (Å²) in [5.41, 5.74) is 2.76. The third-order valence-electron chi connectivity index (χ3n) is 2.92. The Bertz CT molecular complexity index is 316. The average molecular weight is 204 g/mol. The van der Waals surface area contributed by atoms with E-state index in [1.807, 2.05) is 0 Å². The Morgan fingerprint density at radius 3 is 2.87 bits per heavy atom. The lowest BCUT2D eigenvalue weighted by atomic mass is 10.0.